The Bertz CT molecular complexity index is 950. The Kier molecular flexibility index (Phi) is 6.18. The minimum absolute atomic E-state index is 1.02. The summed E-state index contributed by atoms with van der Waals surface area (Å²) >= 11 is 3.54. The van der Waals surface area contributed by atoms with Gasteiger partial charge in [-0.25, -0.2) is 9.97 Å². The van der Waals surface area contributed by atoms with Crippen molar-refractivity contribution in [2.45, 2.75) is 52.4 Å². The first-order valence-electron chi connectivity index (χ1n) is 10.2. The molecule has 2 nitrogen and oxygen atoms in total. The van der Waals surface area contributed by atoms with Crippen molar-refractivity contribution >= 4 is 33.7 Å². The number of aromatic nitrogens is 2. The van der Waals surface area contributed by atoms with Crippen molar-refractivity contribution < 1.29 is 0 Å². The molecule has 3 heterocycles. The van der Waals surface area contributed by atoms with Gasteiger partial charge in [0.1, 0.15) is 0 Å². The Morgan fingerprint density at radius 1 is 0.679 bits per heavy atom. The predicted molar refractivity (Wildman–Crippen MR) is 123 cm³/mol. The summed E-state index contributed by atoms with van der Waals surface area (Å²) in [7, 11) is 0. The molecule has 144 valence electrons. The van der Waals surface area contributed by atoms with Gasteiger partial charge in [-0.1, -0.05) is 51.0 Å². The van der Waals surface area contributed by atoms with E-state index in [1.165, 1.54) is 45.1 Å². The largest absolute Gasteiger partial charge is 0.249 e. The van der Waals surface area contributed by atoms with Gasteiger partial charge < -0.3 is 0 Å². The summed E-state index contributed by atoms with van der Waals surface area (Å²) in [5.74, 6) is 0. The van der Waals surface area contributed by atoms with Crippen LogP contribution >= 0.6 is 22.7 Å². The molecule has 0 aliphatic carbocycles. The quantitative estimate of drug-likeness (QED) is 0.299. The molecule has 3 aromatic heterocycles. The molecule has 0 fully saturated rings. The first-order valence-corrected chi connectivity index (χ1v) is 12.0. The molecule has 0 unspecified atom stereocenters. The van der Waals surface area contributed by atoms with E-state index >= 15 is 0 Å². The van der Waals surface area contributed by atoms with Gasteiger partial charge >= 0.3 is 0 Å². The number of nitrogens with zero attached hydrogens (tertiary/aromatic N) is 2. The average Bonchev–Trinajstić information content (AvgIpc) is 3.43. The van der Waals surface area contributed by atoms with E-state index in [1.807, 2.05) is 0 Å². The van der Waals surface area contributed by atoms with E-state index in [0.717, 1.165) is 36.7 Å². The zero-order chi connectivity index (χ0) is 19.3. The molecule has 0 saturated heterocycles. The monoisotopic (exact) mass is 406 g/mol. The number of hydrogen-bond acceptors (Lipinski definition) is 4. The molecular weight excluding hydrogens is 380 g/mol. The van der Waals surface area contributed by atoms with Crippen molar-refractivity contribution in [1.82, 2.24) is 9.97 Å². The summed E-state index contributed by atoms with van der Waals surface area (Å²) in [6.07, 6.45) is 6.73. The molecule has 0 aliphatic heterocycles. The Balaban J connectivity index is 1.96. The molecule has 0 saturated carbocycles. The van der Waals surface area contributed by atoms with E-state index in [4.69, 9.17) is 9.97 Å². The molecule has 0 N–H and O–H groups in total. The zero-order valence-electron chi connectivity index (χ0n) is 16.6. The smallest absolute Gasteiger partial charge is 0.0983 e. The maximum Gasteiger partial charge on any atom is 0.0983 e. The Labute approximate surface area is 175 Å². The minimum Gasteiger partial charge on any atom is -0.249 e. The van der Waals surface area contributed by atoms with Crippen molar-refractivity contribution in [2.75, 3.05) is 0 Å². The summed E-state index contributed by atoms with van der Waals surface area (Å²) in [5.41, 5.74) is 6.92. The summed E-state index contributed by atoms with van der Waals surface area (Å²) < 4.78 is 0. The van der Waals surface area contributed by atoms with Gasteiger partial charge in [-0.3, -0.25) is 0 Å². The van der Waals surface area contributed by atoms with Gasteiger partial charge in [0.2, 0.25) is 0 Å². The van der Waals surface area contributed by atoms with Crippen LogP contribution in [-0.4, -0.2) is 9.97 Å². The van der Waals surface area contributed by atoms with Gasteiger partial charge in [0.15, 0.2) is 0 Å². The van der Waals surface area contributed by atoms with Crippen LogP contribution in [-0.2, 0) is 12.8 Å². The van der Waals surface area contributed by atoms with Gasteiger partial charge in [0.05, 0.1) is 22.4 Å². The number of hydrogen-bond donors (Lipinski definition) is 0. The first-order chi connectivity index (χ1) is 13.8. The first kappa shape index (κ1) is 19.3. The standard InChI is InChI=1S/C24H26N2S2/c1-3-5-9-19-20(10-6-4-2)26-24-18(22-12-8-16-28-22)14-13-17(23(24)25-19)21-11-7-15-27-21/h7-8,11-16H,3-6,9-10H2,1-2H3. The predicted octanol–water partition coefficient (Wildman–Crippen LogP) is 7.77. The van der Waals surface area contributed by atoms with Crippen LogP contribution < -0.4 is 0 Å². The van der Waals surface area contributed by atoms with Crippen LogP contribution in [0.1, 0.15) is 50.9 Å². The van der Waals surface area contributed by atoms with E-state index in [1.54, 1.807) is 22.7 Å². The van der Waals surface area contributed by atoms with E-state index in [9.17, 15) is 0 Å². The fourth-order valence-electron chi connectivity index (χ4n) is 3.56. The van der Waals surface area contributed by atoms with Crippen molar-refractivity contribution in [3.8, 4) is 20.9 Å². The highest BCUT2D eigenvalue weighted by Gasteiger charge is 2.17. The molecule has 0 radical (unpaired) electrons. The number of fused-ring (bicyclic) bond motifs is 1. The molecule has 1 aromatic carbocycles. The van der Waals surface area contributed by atoms with Crippen LogP contribution in [0.25, 0.3) is 31.9 Å². The molecule has 28 heavy (non-hydrogen) atoms. The van der Waals surface area contributed by atoms with E-state index in [-0.39, 0.29) is 0 Å². The van der Waals surface area contributed by atoms with Crippen LogP contribution in [0.5, 0.6) is 0 Å². The molecule has 0 spiro atoms. The van der Waals surface area contributed by atoms with Crippen molar-refractivity contribution in [3.63, 3.8) is 0 Å². The van der Waals surface area contributed by atoms with Gasteiger partial charge in [-0.15, -0.1) is 22.7 Å². The highest BCUT2D eigenvalue weighted by atomic mass is 32.1. The second-order valence-electron chi connectivity index (χ2n) is 7.14. The van der Waals surface area contributed by atoms with Crippen LogP contribution in [0, 0.1) is 0 Å². The Morgan fingerprint density at radius 2 is 1.14 bits per heavy atom. The summed E-state index contributed by atoms with van der Waals surface area (Å²) in [4.78, 5) is 13.0. The van der Waals surface area contributed by atoms with E-state index in [0.29, 0.717) is 0 Å². The number of unbranched alkanes of at least 4 members (excludes halogenated alkanes) is 2. The second-order valence-corrected chi connectivity index (χ2v) is 9.03. The maximum absolute atomic E-state index is 5.24. The molecule has 4 rings (SSSR count). The molecule has 4 aromatic rings. The lowest BCUT2D eigenvalue weighted by molar-refractivity contribution is 0.729. The second kappa shape index (κ2) is 8.97. The van der Waals surface area contributed by atoms with E-state index < -0.39 is 0 Å². The average molecular weight is 407 g/mol. The lowest BCUT2D eigenvalue weighted by Crippen LogP contribution is -2.04. The van der Waals surface area contributed by atoms with Crippen molar-refractivity contribution in [2.24, 2.45) is 0 Å². The highest BCUT2D eigenvalue weighted by molar-refractivity contribution is 7.14. The molecule has 4 heteroatoms. The third kappa shape index (κ3) is 3.89. The lowest BCUT2D eigenvalue weighted by Gasteiger charge is -2.14. The van der Waals surface area contributed by atoms with Crippen LogP contribution in [0.2, 0.25) is 0 Å². The van der Waals surface area contributed by atoms with Crippen molar-refractivity contribution in [1.29, 1.82) is 0 Å². The molecule has 0 atom stereocenters. The molecular formula is C24H26N2S2. The third-order valence-corrected chi connectivity index (χ3v) is 6.89. The number of aryl methyl sites for hydroxylation is 2. The number of thiophene rings is 2. The molecule has 0 aliphatic rings. The van der Waals surface area contributed by atoms with Gasteiger partial charge in [-0.2, -0.15) is 0 Å². The maximum atomic E-state index is 5.24. The topological polar surface area (TPSA) is 25.8 Å². The lowest BCUT2D eigenvalue weighted by atomic mass is 10.0. The van der Waals surface area contributed by atoms with Gasteiger partial charge in [0.25, 0.3) is 0 Å². The van der Waals surface area contributed by atoms with Crippen LogP contribution in [0.4, 0.5) is 0 Å². The zero-order valence-corrected chi connectivity index (χ0v) is 18.2. The molecule has 0 amide bonds. The van der Waals surface area contributed by atoms with Gasteiger partial charge in [-0.05, 0) is 48.6 Å². The minimum atomic E-state index is 1.02. The SMILES string of the molecule is CCCCc1nc2c(-c3cccs3)ccc(-c3cccs3)c2nc1CCCC. The summed E-state index contributed by atoms with van der Waals surface area (Å²) in [6.45, 7) is 4.48. The van der Waals surface area contributed by atoms with Crippen molar-refractivity contribution in [3.05, 3.63) is 58.5 Å². The fourth-order valence-corrected chi connectivity index (χ4v) is 5.06. The van der Waals surface area contributed by atoms with Crippen LogP contribution in [0.15, 0.2) is 47.2 Å². The van der Waals surface area contributed by atoms with Crippen LogP contribution in [0.3, 0.4) is 0 Å². The van der Waals surface area contributed by atoms with Gasteiger partial charge in [0, 0.05) is 20.9 Å². The number of benzene rings is 1. The normalized spacial score (nSPS) is 11.4. The van der Waals surface area contributed by atoms with E-state index in [2.05, 4.69) is 61.0 Å². The highest BCUT2D eigenvalue weighted by Crippen LogP contribution is 2.37. The number of rotatable bonds is 8. The summed E-state index contributed by atoms with van der Waals surface area (Å²) in [6, 6.07) is 13.0. The Hall–Kier alpha value is -2.04. The third-order valence-electron chi connectivity index (χ3n) is 5.09. The Morgan fingerprint density at radius 3 is 1.50 bits per heavy atom. The summed E-state index contributed by atoms with van der Waals surface area (Å²) in [5, 5.41) is 4.27. The fraction of sp³-hybridized carbons (Fsp3) is 0.333. The molecule has 0 bridgehead atoms.